The first-order chi connectivity index (χ1) is 8.47. The van der Waals surface area contributed by atoms with Gasteiger partial charge in [0.25, 0.3) is 0 Å². The molecule has 0 amide bonds. The third-order valence-corrected chi connectivity index (χ3v) is 3.61. The van der Waals surface area contributed by atoms with Gasteiger partial charge in [-0.3, -0.25) is 4.68 Å². The number of rotatable bonds is 2. The minimum absolute atomic E-state index is 0.0908. The molecule has 1 aromatic carbocycles. The Hall–Kier alpha value is -1.69. The summed E-state index contributed by atoms with van der Waals surface area (Å²) in [6, 6.07) is 1.64. The number of hydrogen-bond donors (Lipinski definition) is 2. The zero-order valence-electron chi connectivity index (χ0n) is 10.4. The lowest BCUT2D eigenvalue weighted by molar-refractivity contribution is 0.371. The van der Waals surface area contributed by atoms with E-state index in [0.29, 0.717) is 16.0 Å². The van der Waals surface area contributed by atoms with E-state index in [-0.39, 0.29) is 5.75 Å². The lowest BCUT2D eigenvalue weighted by atomic mass is 10.0. The van der Waals surface area contributed by atoms with E-state index in [1.807, 2.05) is 6.92 Å². The average Bonchev–Trinajstić information content (AvgIpc) is 2.61. The molecule has 3 N–H and O–H groups in total. The fraction of sp³-hybridized carbons (Fsp3) is 0.250. The van der Waals surface area contributed by atoms with Crippen molar-refractivity contribution in [3.05, 3.63) is 22.3 Å². The molecule has 0 aliphatic rings. The second kappa shape index (κ2) is 4.53. The van der Waals surface area contributed by atoms with E-state index in [9.17, 15) is 5.11 Å². The highest BCUT2D eigenvalue weighted by Gasteiger charge is 2.19. The second-order valence-corrected chi connectivity index (χ2v) is 4.79. The van der Waals surface area contributed by atoms with Crippen molar-refractivity contribution in [1.29, 1.82) is 0 Å². The van der Waals surface area contributed by atoms with E-state index in [1.54, 1.807) is 24.0 Å². The molecule has 2 aromatic rings. The van der Waals surface area contributed by atoms with Gasteiger partial charge >= 0.3 is 0 Å². The summed E-state index contributed by atoms with van der Waals surface area (Å²) in [6.45, 7) is 1.89. The van der Waals surface area contributed by atoms with Gasteiger partial charge < -0.3 is 15.6 Å². The van der Waals surface area contributed by atoms with Gasteiger partial charge in [-0.25, -0.2) is 0 Å². The molecule has 6 heteroatoms. The third kappa shape index (κ3) is 1.82. The van der Waals surface area contributed by atoms with Crippen LogP contribution in [0, 0.1) is 6.92 Å². The SMILES string of the molecule is COc1c(O)cc(C)c(-c2cnn(C)c2N)c1Br. The van der Waals surface area contributed by atoms with Crippen molar-refractivity contribution in [2.24, 2.45) is 7.05 Å². The topological polar surface area (TPSA) is 73.3 Å². The average molecular weight is 312 g/mol. The van der Waals surface area contributed by atoms with E-state index in [1.165, 1.54) is 7.11 Å². The number of hydrogen-bond acceptors (Lipinski definition) is 4. The van der Waals surface area contributed by atoms with Gasteiger partial charge in [0.15, 0.2) is 11.5 Å². The van der Waals surface area contributed by atoms with Crippen molar-refractivity contribution in [2.75, 3.05) is 12.8 Å². The highest BCUT2D eigenvalue weighted by atomic mass is 79.9. The van der Waals surface area contributed by atoms with Gasteiger partial charge in [0.1, 0.15) is 5.82 Å². The Morgan fingerprint density at radius 3 is 2.67 bits per heavy atom. The van der Waals surface area contributed by atoms with Gasteiger partial charge in [-0.15, -0.1) is 0 Å². The number of nitrogens with two attached hydrogens (primary N) is 1. The maximum Gasteiger partial charge on any atom is 0.175 e. The molecule has 2 rings (SSSR count). The van der Waals surface area contributed by atoms with Gasteiger partial charge in [0.05, 0.1) is 17.8 Å². The van der Waals surface area contributed by atoms with Crippen molar-refractivity contribution in [3.63, 3.8) is 0 Å². The number of methoxy groups -OCH3 is 1. The highest BCUT2D eigenvalue weighted by Crippen LogP contribution is 2.44. The Kier molecular flexibility index (Phi) is 3.21. The predicted molar refractivity (Wildman–Crippen MR) is 73.7 cm³/mol. The van der Waals surface area contributed by atoms with E-state index in [2.05, 4.69) is 21.0 Å². The third-order valence-electron chi connectivity index (χ3n) is 2.86. The standard InChI is InChI=1S/C12H14BrN3O2/c1-6-4-8(17)11(18-3)10(13)9(6)7-5-15-16(2)12(7)14/h4-5,17H,14H2,1-3H3. The van der Waals surface area contributed by atoms with Crippen LogP contribution >= 0.6 is 15.9 Å². The van der Waals surface area contributed by atoms with Crippen molar-refractivity contribution in [3.8, 4) is 22.6 Å². The summed E-state index contributed by atoms with van der Waals surface area (Å²) < 4.78 is 7.44. The molecule has 0 aliphatic heterocycles. The van der Waals surface area contributed by atoms with Crippen LogP contribution in [0.25, 0.3) is 11.1 Å². The summed E-state index contributed by atoms with van der Waals surface area (Å²) in [7, 11) is 3.28. The summed E-state index contributed by atoms with van der Waals surface area (Å²) in [4.78, 5) is 0. The summed E-state index contributed by atoms with van der Waals surface area (Å²) >= 11 is 3.45. The number of phenolic OH excluding ortho intramolecular Hbond substituents is 1. The molecule has 0 unspecified atom stereocenters. The van der Waals surface area contributed by atoms with Gasteiger partial charge in [-0.05, 0) is 34.5 Å². The Labute approximate surface area is 113 Å². The fourth-order valence-corrected chi connectivity index (χ4v) is 2.80. The number of halogens is 1. The van der Waals surface area contributed by atoms with Crippen LogP contribution < -0.4 is 10.5 Å². The van der Waals surface area contributed by atoms with Crippen LogP contribution in [0.3, 0.4) is 0 Å². The molecule has 0 bridgehead atoms. The molecule has 18 heavy (non-hydrogen) atoms. The molecule has 0 fully saturated rings. The number of aromatic hydroxyl groups is 1. The first-order valence-electron chi connectivity index (χ1n) is 5.31. The lowest BCUT2D eigenvalue weighted by Crippen LogP contribution is -1.99. The molecule has 96 valence electrons. The molecule has 0 atom stereocenters. The van der Waals surface area contributed by atoms with Gasteiger partial charge in [-0.1, -0.05) is 0 Å². The highest BCUT2D eigenvalue weighted by molar-refractivity contribution is 9.10. The predicted octanol–water partition coefficient (Wildman–Crippen LogP) is 2.45. The lowest BCUT2D eigenvalue weighted by Gasteiger charge is -2.13. The van der Waals surface area contributed by atoms with Gasteiger partial charge in [-0.2, -0.15) is 5.10 Å². The van der Waals surface area contributed by atoms with Crippen molar-refractivity contribution < 1.29 is 9.84 Å². The molecule has 0 radical (unpaired) electrons. The minimum Gasteiger partial charge on any atom is -0.504 e. The monoisotopic (exact) mass is 311 g/mol. The summed E-state index contributed by atoms with van der Waals surface area (Å²) in [5, 5.41) is 13.9. The first-order valence-corrected chi connectivity index (χ1v) is 6.10. The number of anilines is 1. The van der Waals surface area contributed by atoms with E-state index >= 15 is 0 Å². The van der Waals surface area contributed by atoms with Crippen LogP contribution in [0.5, 0.6) is 11.5 Å². The maximum atomic E-state index is 9.81. The number of phenols is 1. The van der Waals surface area contributed by atoms with Crippen LogP contribution in [-0.2, 0) is 7.05 Å². The van der Waals surface area contributed by atoms with E-state index < -0.39 is 0 Å². The second-order valence-electron chi connectivity index (χ2n) is 4.00. The van der Waals surface area contributed by atoms with Crippen molar-refractivity contribution in [2.45, 2.75) is 6.92 Å². The summed E-state index contributed by atoms with van der Waals surface area (Å²) in [5.41, 5.74) is 8.54. The molecular weight excluding hydrogens is 298 g/mol. The minimum atomic E-state index is 0.0908. The van der Waals surface area contributed by atoms with E-state index in [4.69, 9.17) is 10.5 Å². The number of nitrogen functional groups attached to an aromatic ring is 1. The number of ether oxygens (including phenoxy) is 1. The van der Waals surface area contributed by atoms with Gasteiger partial charge in [0, 0.05) is 18.2 Å². The van der Waals surface area contributed by atoms with Crippen LogP contribution in [0.1, 0.15) is 5.56 Å². The van der Waals surface area contributed by atoms with Crippen LogP contribution in [0.2, 0.25) is 0 Å². The van der Waals surface area contributed by atoms with Crippen molar-refractivity contribution in [1.82, 2.24) is 9.78 Å². The number of aromatic nitrogens is 2. The molecule has 0 saturated carbocycles. The van der Waals surface area contributed by atoms with E-state index in [0.717, 1.165) is 16.7 Å². The zero-order valence-corrected chi connectivity index (χ0v) is 11.9. The largest absolute Gasteiger partial charge is 0.504 e. The molecule has 0 saturated heterocycles. The number of benzene rings is 1. The van der Waals surface area contributed by atoms with Crippen LogP contribution in [-0.4, -0.2) is 22.0 Å². The van der Waals surface area contributed by atoms with Crippen LogP contribution in [0.4, 0.5) is 5.82 Å². The summed E-state index contributed by atoms with van der Waals surface area (Å²) in [5.74, 6) is 1.04. The molecule has 1 aromatic heterocycles. The normalized spacial score (nSPS) is 10.7. The Morgan fingerprint density at radius 2 is 2.17 bits per heavy atom. The van der Waals surface area contributed by atoms with Crippen molar-refractivity contribution >= 4 is 21.7 Å². The Bertz CT molecular complexity index is 608. The maximum absolute atomic E-state index is 9.81. The number of aryl methyl sites for hydroxylation is 2. The zero-order chi connectivity index (χ0) is 13.4. The Morgan fingerprint density at radius 1 is 1.50 bits per heavy atom. The smallest absolute Gasteiger partial charge is 0.175 e. The summed E-state index contributed by atoms with van der Waals surface area (Å²) in [6.07, 6.45) is 1.69. The molecule has 0 aliphatic carbocycles. The molecular formula is C12H14BrN3O2. The molecule has 5 nitrogen and oxygen atoms in total. The fourth-order valence-electron chi connectivity index (χ4n) is 1.91. The molecule has 0 spiro atoms. The van der Waals surface area contributed by atoms with Crippen LogP contribution in [0.15, 0.2) is 16.7 Å². The number of nitrogens with zero attached hydrogens (tertiary/aromatic N) is 2. The quantitative estimate of drug-likeness (QED) is 0.893. The first kappa shape index (κ1) is 12.8. The molecule has 1 heterocycles. The Balaban J connectivity index is 2.75. The van der Waals surface area contributed by atoms with Gasteiger partial charge in [0.2, 0.25) is 0 Å².